The summed E-state index contributed by atoms with van der Waals surface area (Å²) < 4.78 is 6.03. The van der Waals surface area contributed by atoms with Crippen LogP contribution in [0.15, 0.2) is 12.1 Å². The number of hydrogen-bond donors (Lipinski definition) is 2. The molecule has 11 heteroatoms. The van der Waals surface area contributed by atoms with E-state index in [0.717, 1.165) is 18.8 Å². The van der Waals surface area contributed by atoms with Crippen LogP contribution in [0.25, 0.3) is 0 Å². The van der Waals surface area contributed by atoms with E-state index in [9.17, 15) is 24.5 Å². The Hall–Kier alpha value is -3.21. The summed E-state index contributed by atoms with van der Waals surface area (Å²) in [5.74, 6) is -0.193. The van der Waals surface area contributed by atoms with Gasteiger partial charge in [0.25, 0.3) is 5.69 Å². The van der Waals surface area contributed by atoms with Crippen molar-refractivity contribution in [3.05, 3.63) is 27.8 Å². The molecular formula is C22H25N5O6. The highest BCUT2D eigenvalue weighted by Gasteiger charge is 2.63. The van der Waals surface area contributed by atoms with Gasteiger partial charge in [-0.3, -0.25) is 30.3 Å². The molecule has 1 aromatic carbocycles. The second-order valence-electron chi connectivity index (χ2n) is 10.0. The topological polar surface area (TPSA) is 134 Å². The first-order valence-corrected chi connectivity index (χ1v) is 11.3. The molecule has 1 saturated carbocycles. The van der Waals surface area contributed by atoms with Crippen LogP contribution in [0.4, 0.5) is 21.9 Å². The number of nitro groups is 1. The van der Waals surface area contributed by atoms with Gasteiger partial charge in [0.15, 0.2) is 5.41 Å². The van der Waals surface area contributed by atoms with Crippen molar-refractivity contribution < 1.29 is 24.0 Å². The third-order valence-electron chi connectivity index (χ3n) is 7.92. The van der Waals surface area contributed by atoms with Crippen molar-refractivity contribution >= 4 is 34.9 Å². The van der Waals surface area contributed by atoms with E-state index in [1.807, 2.05) is 24.8 Å². The van der Waals surface area contributed by atoms with Gasteiger partial charge in [-0.05, 0) is 43.7 Å². The smallest absolute Gasteiger partial charge is 0.328 e. The summed E-state index contributed by atoms with van der Waals surface area (Å²) >= 11 is 0. The summed E-state index contributed by atoms with van der Waals surface area (Å²) in [5.41, 5.74) is 0.259. The van der Waals surface area contributed by atoms with Gasteiger partial charge in [-0.15, -0.1) is 0 Å². The fourth-order valence-electron chi connectivity index (χ4n) is 6.45. The molecule has 33 heavy (non-hydrogen) atoms. The Kier molecular flexibility index (Phi) is 4.12. The second-order valence-corrected chi connectivity index (χ2v) is 10.0. The molecule has 1 unspecified atom stereocenters. The molecule has 6 rings (SSSR count). The summed E-state index contributed by atoms with van der Waals surface area (Å²) in [6, 6.07) is 1.84. The van der Waals surface area contributed by atoms with Gasteiger partial charge < -0.3 is 14.5 Å². The first-order valence-electron chi connectivity index (χ1n) is 11.3. The number of ether oxygens (including phenoxy) is 1. The van der Waals surface area contributed by atoms with Gasteiger partial charge in [-0.25, -0.2) is 4.79 Å². The molecule has 174 valence electrons. The average molecular weight is 455 g/mol. The predicted molar refractivity (Wildman–Crippen MR) is 116 cm³/mol. The molecule has 4 fully saturated rings. The van der Waals surface area contributed by atoms with Crippen molar-refractivity contribution in [3.8, 4) is 0 Å². The van der Waals surface area contributed by atoms with Crippen molar-refractivity contribution in [3.63, 3.8) is 0 Å². The van der Waals surface area contributed by atoms with Gasteiger partial charge in [0.05, 0.1) is 23.2 Å². The van der Waals surface area contributed by atoms with Gasteiger partial charge in [0.1, 0.15) is 5.69 Å². The highest BCUT2D eigenvalue weighted by molar-refractivity contribution is 6.20. The van der Waals surface area contributed by atoms with E-state index in [-0.39, 0.29) is 18.2 Å². The van der Waals surface area contributed by atoms with E-state index in [2.05, 4.69) is 15.5 Å². The lowest BCUT2D eigenvalue weighted by Crippen LogP contribution is -2.75. The molecule has 4 aliphatic heterocycles. The zero-order valence-electron chi connectivity index (χ0n) is 18.4. The lowest BCUT2D eigenvalue weighted by molar-refractivity contribution is -0.384. The molecule has 0 bridgehead atoms. The van der Waals surface area contributed by atoms with Crippen molar-refractivity contribution in [1.82, 2.24) is 10.6 Å². The minimum atomic E-state index is -1.63. The average Bonchev–Trinajstić information content (AvgIpc) is 3.35. The Balaban J connectivity index is 1.52. The van der Waals surface area contributed by atoms with Gasteiger partial charge >= 0.3 is 6.03 Å². The van der Waals surface area contributed by atoms with Crippen LogP contribution in [-0.2, 0) is 20.7 Å². The van der Waals surface area contributed by atoms with Gasteiger partial charge in [0, 0.05) is 37.8 Å². The number of nitrogens with one attached hydrogen (secondary N) is 2. The highest BCUT2D eigenvalue weighted by Crippen LogP contribution is 2.52. The number of anilines is 2. The number of urea groups is 1. The molecule has 5 atom stereocenters. The minimum absolute atomic E-state index is 0.0225. The molecule has 4 heterocycles. The van der Waals surface area contributed by atoms with Crippen LogP contribution < -0.4 is 20.4 Å². The zero-order valence-corrected chi connectivity index (χ0v) is 18.4. The molecule has 1 aliphatic carbocycles. The zero-order chi connectivity index (χ0) is 23.2. The number of fused-ring (bicyclic) bond motifs is 5. The van der Waals surface area contributed by atoms with E-state index in [1.54, 1.807) is 0 Å². The quantitative estimate of drug-likeness (QED) is 0.382. The minimum Gasteiger partial charge on any atom is -0.372 e. The molecule has 0 aromatic heterocycles. The normalized spacial score (nSPS) is 33.8. The third kappa shape index (κ3) is 2.81. The SMILES string of the molecule is C[C@@H]1CN2c3cc(N4C[C@H]5C[C@H]5C4)c([N+](=O)[O-])cc3CC3(C(=O)NC(=O)NC3=O)C2[C@H](C)O1. The molecular weight excluding hydrogens is 430 g/mol. The maximum atomic E-state index is 13.2. The maximum absolute atomic E-state index is 13.2. The van der Waals surface area contributed by atoms with E-state index in [1.165, 1.54) is 12.5 Å². The number of barbiturate groups is 1. The van der Waals surface area contributed by atoms with Crippen molar-refractivity contribution in [1.29, 1.82) is 0 Å². The van der Waals surface area contributed by atoms with Crippen LogP contribution in [0.1, 0.15) is 25.8 Å². The van der Waals surface area contributed by atoms with E-state index >= 15 is 0 Å². The Morgan fingerprint density at radius 2 is 1.73 bits per heavy atom. The predicted octanol–water partition coefficient (Wildman–Crippen LogP) is 0.942. The second kappa shape index (κ2) is 6.66. The van der Waals surface area contributed by atoms with Crippen LogP contribution in [0.3, 0.4) is 0 Å². The number of benzene rings is 1. The molecule has 11 nitrogen and oxygen atoms in total. The summed E-state index contributed by atoms with van der Waals surface area (Å²) in [6.07, 6.45) is 0.475. The van der Waals surface area contributed by atoms with Gasteiger partial charge in [-0.1, -0.05) is 0 Å². The molecule has 4 amide bonds. The van der Waals surface area contributed by atoms with Crippen molar-refractivity contribution in [2.45, 2.75) is 44.9 Å². The first-order chi connectivity index (χ1) is 15.7. The van der Waals surface area contributed by atoms with Gasteiger partial charge in [-0.2, -0.15) is 0 Å². The van der Waals surface area contributed by atoms with Crippen LogP contribution in [0, 0.1) is 27.4 Å². The number of imide groups is 2. The number of nitro benzene ring substituents is 1. The van der Waals surface area contributed by atoms with Crippen LogP contribution in [-0.4, -0.2) is 60.7 Å². The summed E-state index contributed by atoms with van der Waals surface area (Å²) in [4.78, 5) is 53.9. The van der Waals surface area contributed by atoms with E-state index in [0.29, 0.717) is 29.6 Å². The Morgan fingerprint density at radius 3 is 2.36 bits per heavy atom. The van der Waals surface area contributed by atoms with Crippen LogP contribution in [0.2, 0.25) is 0 Å². The third-order valence-corrected chi connectivity index (χ3v) is 7.92. The summed E-state index contributed by atoms with van der Waals surface area (Å²) in [7, 11) is 0. The first kappa shape index (κ1) is 20.4. The van der Waals surface area contributed by atoms with Crippen LogP contribution >= 0.6 is 0 Å². The fourth-order valence-corrected chi connectivity index (χ4v) is 6.45. The molecule has 1 aromatic rings. The van der Waals surface area contributed by atoms with E-state index in [4.69, 9.17) is 4.74 Å². The number of carbonyl (C=O) groups is 3. The Morgan fingerprint density at radius 1 is 1.06 bits per heavy atom. The molecule has 3 saturated heterocycles. The fraction of sp³-hybridized carbons (Fsp3) is 0.591. The number of carbonyl (C=O) groups excluding carboxylic acids is 3. The highest BCUT2D eigenvalue weighted by atomic mass is 16.6. The maximum Gasteiger partial charge on any atom is 0.328 e. The lowest BCUT2D eigenvalue weighted by atomic mass is 9.66. The number of rotatable bonds is 2. The molecule has 0 radical (unpaired) electrons. The van der Waals surface area contributed by atoms with Crippen molar-refractivity contribution in [2.75, 3.05) is 29.4 Å². The molecule has 5 aliphatic rings. The van der Waals surface area contributed by atoms with E-state index < -0.39 is 40.3 Å². The number of amides is 4. The molecule has 2 N–H and O–H groups in total. The summed E-state index contributed by atoms with van der Waals surface area (Å²) in [5, 5.41) is 16.5. The van der Waals surface area contributed by atoms with Crippen molar-refractivity contribution in [2.24, 2.45) is 17.3 Å². The number of hydrogen-bond acceptors (Lipinski definition) is 8. The largest absolute Gasteiger partial charge is 0.372 e. The number of morpholine rings is 1. The standard InChI is InChI=1S/C22H25N5O6/c1-10-7-26-15-5-16(25-8-13-3-14(13)9-25)17(27(31)32)4-12(15)6-22(18(26)11(2)33-10)19(28)23-21(30)24-20(22)29/h4-5,10-11,13-14,18H,3,6-9H2,1-2H3,(H2,23,24,28,29,30)/t10-,11+,13-,14+,18?/m1/s1. The molecule has 1 spiro atoms. The Labute approximate surface area is 189 Å². The number of piperidine rings is 1. The number of nitrogens with zero attached hydrogens (tertiary/aromatic N) is 3. The van der Waals surface area contributed by atoms with Crippen LogP contribution in [0.5, 0.6) is 0 Å². The van der Waals surface area contributed by atoms with Gasteiger partial charge in [0.2, 0.25) is 11.8 Å². The lowest BCUT2D eigenvalue weighted by Gasteiger charge is -2.55. The summed E-state index contributed by atoms with van der Waals surface area (Å²) in [6.45, 7) is 5.76. The monoisotopic (exact) mass is 455 g/mol. The Bertz CT molecular complexity index is 1090.